The molecular weight excluding hydrogens is 282 g/mol. The highest BCUT2D eigenvalue weighted by Gasteiger charge is 2.38. The summed E-state index contributed by atoms with van der Waals surface area (Å²) >= 11 is 10.8. The molecule has 1 aromatic heterocycles. The Balaban J connectivity index is 3.41. The Morgan fingerprint density at radius 2 is 2.06 bits per heavy atom. The van der Waals surface area contributed by atoms with Crippen LogP contribution in [0.1, 0.15) is 22.8 Å². The van der Waals surface area contributed by atoms with Crippen molar-refractivity contribution < 1.29 is 22.7 Å². The highest BCUT2D eigenvalue weighted by Crippen LogP contribution is 2.36. The second-order valence-electron chi connectivity index (χ2n) is 2.88. The van der Waals surface area contributed by atoms with Crippen LogP contribution in [0.15, 0.2) is 6.07 Å². The van der Waals surface area contributed by atoms with Crippen LogP contribution in [0.5, 0.6) is 0 Å². The smallest absolute Gasteiger partial charge is 0.417 e. The quantitative estimate of drug-likeness (QED) is 0.616. The molecule has 0 aromatic carbocycles. The van der Waals surface area contributed by atoms with Gasteiger partial charge in [0.2, 0.25) is 0 Å². The molecule has 0 bridgehead atoms. The Labute approximate surface area is 104 Å². The second kappa shape index (κ2) is 5.10. The monoisotopic (exact) mass is 287 g/mol. The molecule has 94 valence electrons. The summed E-state index contributed by atoms with van der Waals surface area (Å²) in [6.45, 7) is 1.39. The molecule has 0 fully saturated rings. The third kappa shape index (κ3) is 3.23. The van der Waals surface area contributed by atoms with Crippen LogP contribution < -0.4 is 0 Å². The first-order valence-electron chi connectivity index (χ1n) is 4.37. The molecule has 0 amide bonds. The number of carbonyl (C=O) groups excluding carboxylic acids is 1. The summed E-state index contributed by atoms with van der Waals surface area (Å²) in [6.07, 6.45) is -4.77. The number of esters is 1. The average molecular weight is 288 g/mol. The number of halogens is 5. The number of rotatable bonds is 2. The van der Waals surface area contributed by atoms with E-state index in [0.29, 0.717) is 6.07 Å². The highest BCUT2D eigenvalue weighted by atomic mass is 35.5. The van der Waals surface area contributed by atoms with Crippen LogP contribution in [-0.4, -0.2) is 17.6 Å². The lowest BCUT2D eigenvalue weighted by Crippen LogP contribution is -2.16. The molecule has 3 nitrogen and oxygen atoms in total. The van der Waals surface area contributed by atoms with Crippen LogP contribution in [0.3, 0.4) is 0 Å². The van der Waals surface area contributed by atoms with Gasteiger partial charge in [-0.15, -0.1) is 0 Å². The first-order chi connectivity index (χ1) is 7.77. The number of aromatic nitrogens is 1. The van der Waals surface area contributed by atoms with Crippen LogP contribution >= 0.6 is 23.2 Å². The number of hydrogen-bond donors (Lipinski definition) is 0. The van der Waals surface area contributed by atoms with Crippen molar-refractivity contribution in [3.63, 3.8) is 0 Å². The zero-order chi connectivity index (χ0) is 13.2. The average Bonchev–Trinajstić information content (AvgIpc) is 2.15. The summed E-state index contributed by atoms with van der Waals surface area (Å²) < 4.78 is 42.4. The van der Waals surface area contributed by atoms with Crippen LogP contribution in [0, 0.1) is 0 Å². The number of alkyl halides is 3. The fourth-order valence-corrected chi connectivity index (χ4v) is 1.61. The third-order valence-corrected chi connectivity index (χ3v) is 2.20. The SMILES string of the molecule is CCOC(=O)c1c(C(F)(F)F)cc(Cl)nc1Cl. The van der Waals surface area contributed by atoms with Crippen LogP contribution in [-0.2, 0) is 10.9 Å². The molecule has 17 heavy (non-hydrogen) atoms. The fraction of sp³-hybridized carbons (Fsp3) is 0.333. The maximum absolute atomic E-state index is 12.7. The van der Waals surface area contributed by atoms with Gasteiger partial charge in [-0.3, -0.25) is 0 Å². The zero-order valence-electron chi connectivity index (χ0n) is 8.44. The van der Waals surface area contributed by atoms with E-state index in [1.54, 1.807) is 0 Å². The van der Waals surface area contributed by atoms with Crippen molar-refractivity contribution in [2.45, 2.75) is 13.1 Å². The van der Waals surface area contributed by atoms with Crippen molar-refractivity contribution in [3.8, 4) is 0 Å². The Hall–Kier alpha value is -1.01. The first kappa shape index (κ1) is 14.1. The van der Waals surface area contributed by atoms with Crippen LogP contribution in [0.25, 0.3) is 0 Å². The van der Waals surface area contributed by atoms with Gasteiger partial charge in [0.05, 0.1) is 12.2 Å². The van der Waals surface area contributed by atoms with Crippen molar-refractivity contribution in [1.82, 2.24) is 4.98 Å². The van der Waals surface area contributed by atoms with Gasteiger partial charge in [0.25, 0.3) is 0 Å². The minimum Gasteiger partial charge on any atom is -0.462 e. The summed E-state index contributed by atoms with van der Waals surface area (Å²) in [6, 6.07) is 0.527. The highest BCUT2D eigenvalue weighted by molar-refractivity contribution is 6.34. The van der Waals surface area contributed by atoms with Gasteiger partial charge < -0.3 is 4.74 Å². The predicted molar refractivity (Wildman–Crippen MR) is 55.2 cm³/mol. The van der Waals surface area contributed by atoms with E-state index in [1.807, 2.05) is 0 Å². The normalized spacial score (nSPS) is 11.4. The van der Waals surface area contributed by atoms with Gasteiger partial charge in [0, 0.05) is 0 Å². The van der Waals surface area contributed by atoms with Crippen molar-refractivity contribution in [2.75, 3.05) is 6.61 Å². The maximum atomic E-state index is 12.7. The van der Waals surface area contributed by atoms with Gasteiger partial charge >= 0.3 is 12.1 Å². The topological polar surface area (TPSA) is 39.2 Å². The second-order valence-corrected chi connectivity index (χ2v) is 3.62. The Morgan fingerprint density at radius 3 is 2.53 bits per heavy atom. The minimum absolute atomic E-state index is 0.0743. The van der Waals surface area contributed by atoms with Gasteiger partial charge in [0.1, 0.15) is 15.9 Å². The lowest BCUT2D eigenvalue weighted by molar-refractivity contribution is -0.138. The number of hydrogen-bond acceptors (Lipinski definition) is 3. The third-order valence-electron chi connectivity index (χ3n) is 1.73. The van der Waals surface area contributed by atoms with Gasteiger partial charge in [-0.05, 0) is 13.0 Å². The molecule has 0 radical (unpaired) electrons. The Kier molecular flexibility index (Phi) is 4.21. The number of ether oxygens (including phenoxy) is 1. The lowest BCUT2D eigenvalue weighted by atomic mass is 10.1. The van der Waals surface area contributed by atoms with E-state index in [1.165, 1.54) is 6.92 Å². The molecular formula is C9H6Cl2F3NO2. The van der Waals surface area contributed by atoms with Gasteiger partial charge in [-0.1, -0.05) is 23.2 Å². The van der Waals surface area contributed by atoms with E-state index in [9.17, 15) is 18.0 Å². The van der Waals surface area contributed by atoms with Gasteiger partial charge in [-0.25, -0.2) is 9.78 Å². The molecule has 0 saturated carbocycles. The molecule has 1 heterocycles. The standard InChI is InChI=1S/C9H6Cl2F3NO2/c1-2-17-8(16)6-4(9(12,13)14)3-5(10)15-7(6)11/h3H,2H2,1H3. The number of pyridine rings is 1. The number of nitrogens with zero attached hydrogens (tertiary/aromatic N) is 1. The summed E-state index contributed by atoms with van der Waals surface area (Å²) in [4.78, 5) is 14.7. The van der Waals surface area contributed by atoms with Gasteiger partial charge in [-0.2, -0.15) is 13.2 Å². The molecule has 0 aliphatic rings. The zero-order valence-corrected chi connectivity index (χ0v) is 9.95. The molecule has 0 saturated heterocycles. The van der Waals surface area contributed by atoms with E-state index >= 15 is 0 Å². The fourth-order valence-electron chi connectivity index (χ4n) is 1.11. The molecule has 8 heteroatoms. The minimum atomic E-state index is -4.77. The molecule has 0 aliphatic heterocycles. The lowest BCUT2D eigenvalue weighted by Gasteiger charge is -2.13. The molecule has 0 spiro atoms. The van der Waals surface area contributed by atoms with Crippen LogP contribution in [0.2, 0.25) is 10.3 Å². The van der Waals surface area contributed by atoms with Crippen molar-refractivity contribution in [3.05, 3.63) is 27.5 Å². The van der Waals surface area contributed by atoms with Crippen LogP contribution in [0.4, 0.5) is 13.2 Å². The first-order valence-corrected chi connectivity index (χ1v) is 5.13. The maximum Gasteiger partial charge on any atom is 0.417 e. The largest absolute Gasteiger partial charge is 0.462 e. The summed E-state index contributed by atoms with van der Waals surface area (Å²) in [5, 5.41) is -1.08. The summed E-state index contributed by atoms with van der Waals surface area (Å²) in [5.74, 6) is -1.19. The predicted octanol–water partition coefficient (Wildman–Crippen LogP) is 3.58. The molecule has 1 aromatic rings. The van der Waals surface area contributed by atoms with E-state index in [4.69, 9.17) is 23.2 Å². The van der Waals surface area contributed by atoms with E-state index < -0.39 is 33.6 Å². The van der Waals surface area contributed by atoms with Crippen molar-refractivity contribution in [1.29, 1.82) is 0 Å². The molecule has 0 unspecified atom stereocenters. The summed E-state index contributed by atoms with van der Waals surface area (Å²) in [7, 11) is 0. The van der Waals surface area contributed by atoms with Gasteiger partial charge in [0.15, 0.2) is 0 Å². The van der Waals surface area contributed by atoms with E-state index in [-0.39, 0.29) is 6.61 Å². The summed E-state index contributed by atoms with van der Waals surface area (Å²) in [5.41, 5.74) is -2.09. The number of carbonyl (C=O) groups is 1. The van der Waals surface area contributed by atoms with Crippen molar-refractivity contribution >= 4 is 29.2 Å². The molecule has 0 N–H and O–H groups in total. The van der Waals surface area contributed by atoms with E-state index in [0.717, 1.165) is 0 Å². The molecule has 1 rings (SSSR count). The molecule has 0 aliphatic carbocycles. The Morgan fingerprint density at radius 1 is 1.47 bits per heavy atom. The van der Waals surface area contributed by atoms with E-state index in [2.05, 4.69) is 9.72 Å². The molecule has 0 atom stereocenters. The van der Waals surface area contributed by atoms with Crippen molar-refractivity contribution in [2.24, 2.45) is 0 Å². The Bertz CT molecular complexity index is 449.